The first-order valence-electron chi connectivity index (χ1n) is 17.0. The Morgan fingerprint density at radius 3 is 1.07 bits per heavy atom. The third-order valence-electron chi connectivity index (χ3n) is 8.21. The monoisotopic (exact) mass is 582 g/mol. The summed E-state index contributed by atoms with van der Waals surface area (Å²) in [6.45, 7) is 5.13. The van der Waals surface area contributed by atoms with E-state index in [1.54, 1.807) is 0 Å². The summed E-state index contributed by atoms with van der Waals surface area (Å²) in [6, 6.07) is 0. The molecule has 7 nitrogen and oxygen atoms in total. The van der Waals surface area contributed by atoms with Crippen LogP contribution >= 0.6 is 0 Å². The number of unbranched alkanes of at least 4 members (excludes halogenated alkanes) is 16. The van der Waals surface area contributed by atoms with Crippen molar-refractivity contribution < 1.29 is 34.2 Å². The Bertz CT molecular complexity index is 628. The van der Waals surface area contributed by atoms with Crippen LogP contribution in [0.25, 0.3) is 0 Å². The summed E-state index contributed by atoms with van der Waals surface area (Å²) < 4.78 is 0.638. The molecule has 41 heavy (non-hydrogen) atoms. The van der Waals surface area contributed by atoms with E-state index in [0.717, 1.165) is 19.4 Å². The Morgan fingerprint density at radius 1 is 0.439 bits per heavy atom. The predicted molar refractivity (Wildman–Crippen MR) is 168 cm³/mol. The van der Waals surface area contributed by atoms with E-state index in [0.29, 0.717) is 43.4 Å². The van der Waals surface area contributed by atoms with Gasteiger partial charge in [-0.05, 0) is 38.5 Å². The van der Waals surface area contributed by atoms with Gasteiger partial charge in [-0.25, -0.2) is 0 Å². The molecular formula is C34H64NO6+. The summed E-state index contributed by atoms with van der Waals surface area (Å²) in [4.78, 5) is 33.2. The lowest BCUT2D eigenvalue weighted by atomic mass is 10.1. The van der Waals surface area contributed by atoms with Crippen LogP contribution in [0.5, 0.6) is 0 Å². The fourth-order valence-electron chi connectivity index (χ4n) is 5.77. The summed E-state index contributed by atoms with van der Waals surface area (Å²) in [5, 5.41) is 27.3. The molecule has 0 amide bonds. The largest absolute Gasteiger partial charge is 0.481 e. The highest BCUT2D eigenvalue weighted by Gasteiger charge is 2.27. The van der Waals surface area contributed by atoms with Crippen molar-refractivity contribution in [3.63, 3.8) is 0 Å². The first kappa shape index (κ1) is 39.1. The highest BCUT2D eigenvalue weighted by molar-refractivity contribution is 5.67. The SMILES string of the molecule is CCCCCCCCCCC/C=C/CCCCCCCCC[N+](CCCC(=O)O)(CCCC(=O)O)CCCC(=O)O. The van der Waals surface area contributed by atoms with Crippen LogP contribution in [0, 0.1) is 0 Å². The zero-order chi connectivity index (χ0) is 30.4. The van der Waals surface area contributed by atoms with Crippen molar-refractivity contribution in [2.24, 2.45) is 0 Å². The van der Waals surface area contributed by atoms with Crippen molar-refractivity contribution in [1.82, 2.24) is 0 Å². The summed E-state index contributed by atoms with van der Waals surface area (Å²) >= 11 is 0. The molecule has 0 aliphatic heterocycles. The molecule has 0 bridgehead atoms. The quantitative estimate of drug-likeness (QED) is 0.0414. The molecule has 0 aliphatic carbocycles. The van der Waals surface area contributed by atoms with Gasteiger partial charge in [0.2, 0.25) is 0 Å². The van der Waals surface area contributed by atoms with Gasteiger partial charge in [-0.1, -0.05) is 96.1 Å². The van der Waals surface area contributed by atoms with Crippen molar-refractivity contribution in [3.05, 3.63) is 12.2 Å². The lowest BCUT2D eigenvalue weighted by molar-refractivity contribution is -0.929. The Hall–Kier alpha value is -1.89. The molecule has 0 saturated carbocycles. The van der Waals surface area contributed by atoms with Crippen LogP contribution in [0.2, 0.25) is 0 Å². The standard InChI is InChI=1S/C34H63NO6/c1-2-3-4-5-6-7-8-9-10-11-12-13-14-15-16-17-18-19-20-21-28-35(29-22-25-32(36)37,30-23-26-33(38)39)31-24-27-34(40)41/h12-13H,2-11,14-31H2,1H3,(H2-,36,37,38,39,40,41)/p+1/b13-12+. The van der Waals surface area contributed by atoms with Gasteiger partial charge < -0.3 is 19.8 Å². The first-order chi connectivity index (χ1) is 19.8. The van der Waals surface area contributed by atoms with E-state index >= 15 is 0 Å². The minimum absolute atomic E-state index is 0.0896. The van der Waals surface area contributed by atoms with Crippen molar-refractivity contribution in [2.75, 3.05) is 26.2 Å². The van der Waals surface area contributed by atoms with E-state index in [1.807, 2.05) is 0 Å². The molecule has 7 heteroatoms. The maximum atomic E-state index is 11.1. The second-order valence-corrected chi connectivity index (χ2v) is 12.1. The normalized spacial score (nSPS) is 11.8. The minimum atomic E-state index is -0.825. The van der Waals surface area contributed by atoms with E-state index < -0.39 is 17.9 Å². The molecule has 0 atom stereocenters. The van der Waals surface area contributed by atoms with Gasteiger partial charge in [-0.2, -0.15) is 0 Å². The van der Waals surface area contributed by atoms with Gasteiger partial charge in [-0.3, -0.25) is 14.4 Å². The number of carboxylic acid groups (broad SMARTS) is 3. The van der Waals surface area contributed by atoms with Gasteiger partial charge in [0, 0.05) is 19.3 Å². The minimum Gasteiger partial charge on any atom is -0.481 e. The van der Waals surface area contributed by atoms with E-state index in [2.05, 4.69) is 19.1 Å². The number of carboxylic acids is 3. The molecule has 0 radical (unpaired) electrons. The molecule has 240 valence electrons. The molecular weight excluding hydrogens is 518 g/mol. The number of quaternary nitrogens is 1. The summed E-state index contributed by atoms with van der Waals surface area (Å²) in [5.41, 5.74) is 0. The topological polar surface area (TPSA) is 112 Å². The number of nitrogens with zero attached hydrogens (tertiary/aromatic N) is 1. The lowest BCUT2D eigenvalue weighted by Crippen LogP contribution is -2.51. The van der Waals surface area contributed by atoms with Crippen LogP contribution in [-0.2, 0) is 14.4 Å². The van der Waals surface area contributed by atoms with Crippen LogP contribution in [-0.4, -0.2) is 63.9 Å². The maximum absolute atomic E-state index is 11.1. The van der Waals surface area contributed by atoms with Crippen molar-refractivity contribution in [2.45, 2.75) is 161 Å². The molecule has 3 N–H and O–H groups in total. The Balaban J connectivity index is 4.11. The number of rotatable bonds is 32. The highest BCUT2D eigenvalue weighted by atomic mass is 16.4. The highest BCUT2D eigenvalue weighted by Crippen LogP contribution is 2.19. The van der Waals surface area contributed by atoms with Crippen LogP contribution < -0.4 is 0 Å². The van der Waals surface area contributed by atoms with Crippen LogP contribution in [0.4, 0.5) is 0 Å². The third-order valence-corrected chi connectivity index (χ3v) is 8.21. The number of allylic oxidation sites excluding steroid dienone is 2. The van der Waals surface area contributed by atoms with Crippen LogP contribution in [0.15, 0.2) is 12.2 Å². The first-order valence-corrected chi connectivity index (χ1v) is 17.0. The maximum Gasteiger partial charge on any atom is 0.303 e. The van der Waals surface area contributed by atoms with Crippen molar-refractivity contribution in [3.8, 4) is 0 Å². The zero-order valence-electron chi connectivity index (χ0n) is 26.5. The van der Waals surface area contributed by atoms with Gasteiger partial charge in [-0.15, -0.1) is 0 Å². The molecule has 0 saturated heterocycles. The number of hydrogen-bond acceptors (Lipinski definition) is 3. The molecule has 0 fully saturated rings. The second-order valence-electron chi connectivity index (χ2n) is 12.1. The number of hydrogen-bond donors (Lipinski definition) is 3. The second kappa shape index (κ2) is 28.2. The van der Waals surface area contributed by atoms with Crippen molar-refractivity contribution >= 4 is 17.9 Å². The molecule has 0 unspecified atom stereocenters. The Morgan fingerprint density at radius 2 is 0.732 bits per heavy atom. The van der Waals surface area contributed by atoms with Gasteiger partial charge in [0.25, 0.3) is 0 Å². The fraction of sp³-hybridized carbons (Fsp3) is 0.853. The average Bonchev–Trinajstić information content (AvgIpc) is 2.91. The third kappa shape index (κ3) is 28.0. The van der Waals surface area contributed by atoms with Crippen LogP contribution in [0.3, 0.4) is 0 Å². The van der Waals surface area contributed by atoms with E-state index in [1.165, 1.54) is 103 Å². The van der Waals surface area contributed by atoms with Crippen molar-refractivity contribution in [1.29, 1.82) is 0 Å². The molecule has 0 spiro atoms. The Labute approximate surface area is 251 Å². The van der Waals surface area contributed by atoms with E-state index in [9.17, 15) is 14.4 Å². The molecule has 0 aromatic carbocycles. The summed E-state index contributed by atoms with van der Waals surface area (Å²) in [6.07, 6.45) is 29.7. The number of carbonyl (C=O) groups is 3. The summed E-state index contributed by atoms with van der Waals surface area (Å²) in [5.74, 6) is -2.48. The molecule has 0 aromatic rings. The summed E-state index contributed by atoms with van der Waals surface area (Å²) in [7, 11) is 0. The van der Waals surface area contributed by atoms with Gasteiger partial charge in [0.05, 0.1) is 45.4 Å². The fourth-order valence-corrected chi connectivity index (χ4v) is 5.77. The molecule has 0 aliphatic rings. The molecule has 0 heterocycles. The smallest absolute Gasteiger partial charge is 0.303 e. The molecule has 0 rings (SSSR count). The van der Waals surface area contributed by atoms with Crippen LogP contribution in [0.1, 0.15) is 161 Å². The zero-order valence-corrected chi connectivity index (χ0v) is 26.5. The van der Waals surface area contributed by atoms with Gasteiger partial charge in [0.1, 0.15) is 0 Å². The van der Waals surface area contributed by atoms with E-state index in [-0.39, 0.29) is 19.3 Å². The average molecular weight is 583 g/mol. The van der Waals surface area contributed by atoms with Gasteiger partial charge in [0.15, 0.2) is 0 Å². The lowest BCUT2D eigenvalue weighted by Gasteiger charge is -2.39. The predicted octanol–water partition coefficient (Wildman–Crippen LogP) is 9.00. The van der Waals surface area contributed by atoms with E-state index in [4.69, 9.17) is 15.3 Å². The van der Waals surface area contributed by atoms with Gasteiger partial charge >= 0.3 is 17.9 Å². The number of aliphatic carboxylic acids is 3. The molecule has 0 aromatic heterocycles. The Kier molecular flexibility index (Phi) is 26.9.